The molecule has 1 aromatic carbocycles. The van der Waals surface area contributed by atoms with Gasteiger partial charge in [0, 0.05) is 32.2 Å². The molecule has 2 heterocycles. The van der Waals surface area contributed by atoms with Crippen LogP contribution in [0.15, 0.2) is 36.7 Å². The van der Waals surface area contributed by atoms with Gasteiger partial charge in [-0.2, -0.15) is 0 Å². The molecule has 7 heteroatoms. The second-order valence-electron chi connectivity index (χ2n) is 6.62. The number of hydrogen-bond donors (Lipinski definition) is 2. The van der Waals surface area contributed by atoms with Crippen molar-refractivity contribution >= 4 is 17.5 Å². The number of nitrogens with one attached hydrogen (secondary N) is 2. The van der Waals surface area contributed by atoms with Crippen molar-refractivity contribution < 1.29 is 9.18 Å². The summed E-state index contributed by atoms with van der Waals surface area (Å²) in [4.78, 5) is 22.8. The molecule has 1 saturated heterocycles. The molecule has 0 bridgehead atoms. The van der Waals surface area contributed by atoms with E-state index in [1.54, 1.807) is 18.5 Å². The van der Waals surface area contributed by atoms with Gasteiger partial charge in [0.15, 0.2) is 0 Å². The van der Waals surface area contributed by atoms with E-state index in [4.69, 9.17) is 0 Å². The third-order valence-corrected chi connectivity index (χ3v) is 4.47. The third kappa shape index (κ3) is 4.68. The number of nitrogens with zero attached hydrogens (tertiary/aromatic N) is 3. The quantitative estimate of drug-likeness (QED) is 0.778. The van der Waals surface area contributed by atoms with Gasteiger partial charge in [-0.25, -0.2) is 14.4 Å². The Morgan fingerprint density at radius 2 is 2.15 bits per heavy atom. The Bertz CT molecular complexity index is 754. The summed E-state index contributed by atoms with van der Waals surface area (Å²) in [5, 5.41) is 5.87. The molecule has 0 aliphatic carbocycles. The summed E-state index contributed by atoms with van der Waals surface area (Å²) < 4.78 is 13.6. The number of piperidine rings is 1. The lowest BCUT2D eigenvalue weighted by atomic mass is 10.0. The van der Waals surface area contributed by atoms with Gasteiger partial charge < -0.3 is 15.5 Å². The summed E-state index contributed by atoms with van der Waals surface area (Å²) in [7, 11) is 0. The number of halogens is 1. The van der Waals surface area contributed by atoms with Crippen LogP contribution in [0.2, 0.25) is 0 Å². The van der Waals surface area contributed by atoms with Crippen LogP contribution < -0.4 is 15.5 Å². The van der Waals surface area contributed by atoms with Crippen LogP contribution in [0.5, 0.6) is 0 Å². The number of hydrogen-bond acceptors (Lipinski definition) is 5. The molecule has 0 radical (unpaired) electrons. The normalized spacial score (nSPS) is 17.0. The fraction of sp³-hybridized carbons (Fsp3) is 0.421. The highest BCUT2D eigenvalue weighted by Gasteiger charge is 2.17. The largest absolute Gasteiger partial charge is 0.368 e. The minimum atomic E-state index is -0.519. The molecule has 1 amide bonds. The highest BCUT2D eigenvalue weighted by Crippen LogP contribution is 2.22. The zero-order chi connectivity index (χ0) is 18.4. The summed E-state index contributed by atoms with van der Waals surface area (Å²) in [6.45, 7) is 5.14. The maximum Gasteiger partial charge on any atom is 0.254 e. The lowest BCUT2D eigenvalue weighted by molar-refractivity contribution is 0.0951. The van der Waals surface area contributed by atoms with Crippen molar-refractivity contribution in [2.45, 2.75) is 19.8 Å². The number of benzene rings is 1. The highest BCUT2D eigenvalue weighted by molar-refractivity contribution is 5.94. The molecule has 1 aliphatic heterocycles. The first-order chi connectivity index (χ1) is 12.6. The first-order valence-electron chi connectivity index (χ1n) is 8.97. The Hall–Kier alpha value is -2.70. The minimum Gasteiger partial charge on any atom is -0.368 e. The van der Waals surface area contributed by atoms with Gasteiger partial charge in [-0.3, -0.25) is 4.79 Å². The second-order valence-corrected chi connectivity index (χ2v) is 6.62. The number of rotatable bonds is 6. The molecule has 0 saturated carbocycles. The molecule has 2 aromatic rings. The molecule has 26 heavy (non-hydrogen) atoms. The smallest absolute Gasteiger partial charge is 0.254 e. The summed E-state index contributed by atoms with van der Waals surface area (Å²) in [5.74, 6) is 1.37. The lowest BCUT2D eigenvalue weighted by Crippen LogP contribution is -2.35. The van der Waals surface area contributed by atoms with E-state index < -0.39 is 11.7 Å². The van der Waals surface area contributed by atoms with Crippen LogP contribution in [0.3, 0.4) is 0 Å². The Labute approximate surface area is 152 Å². The number of carbonyl (C=O) groups is 1. The molecular weight excluding hydrogens is 333 g/mol. The molecule has 138 valence electrons. The van der Waals surface area contributed by atoms with Gasteiger partial charge in [-0.05, 0) is 30.9 Å². The van der Waals surface area contributed by atoms with Crippen molar-refractivity contribution in [3.63, 3.8) is 0 Å². The van der Waals surface area contributed by atoms with Crippen molar-refractivity contribution in [1.82, 2.24) is 15.3 Å². The minimum absolute atomic E-state index is 0.0519. The maximum atomic E-state index is 13.6. The zero-order valence-electron chi connectivity index (χ0n) is 14.9. The standard InChI is InChI=1S/C19H24FN5O/c1-14-5-4-10-25(12-14)18-11-17(23-13-24-18)21-8-9-22-19(26)15-6-2-3-7-16(15)20/h2-3,6-7,11,13-14H,4-5,8-10,12H2,1H3,(H,22,26)(H,21,23,24). The zero-order valence-corrected chi connectivity index (χ0v) is 14.9. The molecule has 0 spiro atoms. The van der Waals surface area contributed by atoms with Crippen LogP contribution in [0.1, 0.15) is 30.1 Å². The van der Waals surface area contributed by atoms with E-state index in [9.17, 15) is 9.18 Å². The number of amides is 1. The topological polar surface area (TPSA) is 70.2 Å². The Morgan fingerprint density at radius 1 is 1.31 bits per heavy atom. The summed E-state index contributed by atoms with van der Waals surface area (Å²) in [5.41, 5.74) is 0.0519. The van der Waals surface area contributed by atoms with Gasteiger partial charge in [0.2, 0.25) is 0 Å². The fourth-order valence-electron chi connectivity index (χ4n) is 3.12. The Kier molecular flexibility index (Phi) is 5.99. The van der Waals surface area contributed by atoms with Gasteiger partial charge >= 0.3 is 0 Å². The summed E-state index contributed by atoms with van der Waals surface area (Å²) in [6, 6.07) is 7.87. The fourth-order valence-corrected chi connectivity index (χ4v) is 3.12. The van der Waals surface area contributed by atoms with E-state index in [0.717, 1.165) is 18.9 Å². The molecule has 1 unspecified atom stereocenters. The number of aromatic nitrogens is 2. The van der Waals surface area contributed by atoms with Gasteiger partial charge in [0.25, 0.3) is 5.91 Å². The van der Waals surface area contributed by atoms with E-state index >= 15 is 0 Å². The second kappa shape index (κ2) is 8.60. The third-order valence-electron chi connectivity index (χ3n) is 4.47. The molecule has 1 aliphatic rings. The lowest BCUT2D eigenvalue weighted by Gasteiger charge is -2.31. The van der Waals surface area contributed by atoms with E-state index in [1.807, 2.05) is 6.07 Å². The van der Waals surface area contributed by atoms with Gasteiger partial charge in [-0.1, -0.05) is 19.1 Å². The van der Waals surface area contributed by atoms with Crippen LogP contribution in [-0.2, 0) is 0 Å². The SMILES string of the molecule is CC1CCCN(c2cc(NCCNC(=O)c3ccccc3F)ncn2)C1. The molecule has 2 N–H and O–H groups in total. The van der Waals surface area contributed by atoms with Crippen molar-refractivity contribution in [3.8, 4) is 0 Å². The van der Waals surface area contributed by atoms with Crippen molar-refractivity contribution in [2.24, 2.45) is 5.92 Å². The van der Waals surface area contributed by atoms with Crippen LogP contribution in [0.25, 0.3) is 0 Å². The van der Waals surface area contributed by atoms with Crippen LogP contribution in [-0.4, -0.2) is 42.1 Å². The van der Waals surface area contributed by atoms with E-state index in [0.29, 0.717) is 24.8 Å². The van der Waals surface area contributed by atoms with Crippen LogP contribution >= 0.6 is 0 Å². The summed E-state index contributed by atoms with van der Waals surface area (Å²) in [6.07, 6.45) is 3.99. The average molecular weight is 357 g/mol. The first kappa shape index (κ1) is 18.1. The van der Waals surface area contributed by atoms with E-state index in [-0.39, 0.29) is 5.56 Å². The van der Waals surface area contributed by atoms with Crippen molar-refractivity contribution in [3.05, 3.63) is 48.0 Å². The monoisotopic (exact) mass is 357 g/mol. The predicted octanol–water partition coefficient (Wildman–Crippen LogP) is 2.69. The van der Waals surface area contributed by atoms with Crippen LogP contribution in [0.4, 0.5) is 16.0 Å². The van der Waals surface area contributed by atoms with Gasteiger partial charge in [-0.15, -0.1) is 0 Å². The van der Waals surface area contributed by atoms with E-state index in [1.165, 1.54) is 25.0 Å². The van der Waals surface area contributed by atoms with Crippen molar-refractivity contribution in [1.29, 1.82) is 0 Å². The molecule has 1 aromatic heterocycles. The molecule has 1 atom stereocenters. The average Bonchev–Trinajstić information content (AvgIpc) is 2.66. The highest BCUT2D eigenvalue weighted by atomic mass is 19.1. The van der Waals surface area contributed by atoms with E-state index in [2.05, 4.69) is 32.4 Å². The van der Waals surface area contributed by atoms with Gasteiger partial charge in [0.1, 0.15) is 23.8 Å². The number of carbonyl (C=O) groups excluding carboxylic acids is 1. The Morgan fingerprint density at radius 3 is 2.96 bits per heavy atom. The Balaban J connectivity index is 1.48. The predicted molar refractivity (Wildman–Crippen MR) is 99.9 cm³/mol. The van der Waals surface area contributed by atoms with Gasteiger partial charge in [0.05, 0.1) is 5.56 Å². The maximum absolute atomic E-state index is 13.6. The molecule has 6 nitrogen and oxygen atoms in total. The first-order valence-corrected chi connectivity index (χ1v) is 8.97. The van der Waals surface area contributed by atoms with Crippen molar-refractivity contribution in [2.75, 3.05) is 36.4 Å². The number of anilines is 2. The molecule has 1 fully saturated rings. The summed E-state index contributed by atoms with van der Waals surface area (Å²) >= 11 is 0. The van der Waals surface area contributed by atoms with Crippen LogP contribution in [0, 0.1) is 11.7 Å². The molecular formula is C19H24FN5O. The molecule has 3 rings (SSSR count).